The molecule has 0 aromatic heterocycles. The molecule has 30 heavy (non-hydrogen) atoms. The van der Waals surface area contributed by atoms with Gasteiger partial charge in [-0.1, -0.05) is 30.3 Å². The fourth-order valence-corrected chi connectivity index (χ4v) is 3.03. The summed E-state index contributed by atoms with van der Waals surface area (Å²) in [6, 6.07) is 15.4. The minimum atomic E-state index is -0.864. The molecule has 7 heteroatoms. The van der Waals surface area contributed by atoms with Crippen molar-refractivity contribution >= 4 is 23.5 Å². The van der Waals surface area contributed by atoms with Gasteiger partial charge in [-0.25, -0.2) is 9.59 Å². The molecule has 0 radical (unpaired) electrons. The first kappa shape index (κ1) is 22.9. The standard InChI is InChI=1S/C23H28N2O5/c1-4-25(5-2)19-13-11-18(12-14-19)22(27)30-16-21(26)24-20(23(28)29-3)15-17-9-7-6-8-10-17/h6-14,20H,4-5,15-16H2,1-3H3,(H,24,26)/t20-/m0/s1. The number of anilines is 1. The zero-order valence-electron chi connectivity index (χ0n) is 17.6. The van der Waals surface area contributed by atoms with Crippen LogP contribution in [-0.4, -0.2) is 50.7 Å². The third-order valence-corrected chi connectivity index (χ3v) is 4.67. The number of hydrogen-bond donors (Lipinski definition) is 1. The van der Waals surface area contributed by atoms with Crippen molar-refractivity contribution in [3.05, 3.63) is 65.7 Å². The predicted octanol–water partition coefficient (Wildman–Crippen LogP) is 2.59. The van der Waals surface area contributed by atoms with Gasteiger partial charge >= 0.3 is 11.9 Å². The molecular formula is C23H28N2O5. The Hall–Kier alpha value is -3.35. The minimum absolute atomic E-state index is 0.278. The van der Waals surface area contributed by atoms with E-state index in [1.54, 1.807) is 12.1 Å². The molecule has 2 rings (SSSR count). The molecule has 2 aromatic rings. The van der Waals surface area contributed by atoms with Crippen LogP contribution in [-0.2, 0) is 25.5 Å². The van der Waals surface area contributed by atoms with Crippen LogP contribution < -0.4 is 10.2 Å². The summed E-state index contributed by atoms with van der Waals surface area (Å²) in [6.07, 6.45) is 0.278. The highest BCUT2D eigenvalue weighted by atomic mass is 16.5. The third-order valence-electron chi connectivity index (χ3n) is 4.67. The van der Waals surface area contributed by atoms with Crippen molar-refractivity contribution in [2.75, 3.05) is 31.7 Å². The first-order chi connectivity index (χ1) is 14.5. The molecule has 1 atom stereocenters. The van der Waals surface area contributed by atoms with Crippen LogP contribution >= 0.6 is 0 Å². The van der Waals surface area contributed by atoms with Gasteiger partial charge in [0.25, 0.3) is 5.91 Å². The second-order valence-electron chi connectivity index (χ2n) is 6.63. The molecule has 0 aliphatic carbocycles. The molecule has 0 saturated heterocycles. The Morgan fingerprint density at radius 2 is 1.60 bits per heavy atom. The topological polar surface area (TPSA) is 84.9 Å². The summed E-state index contributed by atoms with van der Waals surface area (Å²) in [4.78, 5) is 38.6. The highest BCUT2D eigenvalue weighted by Crippen LogP contribution is 2.15. The molecule has 0 aliphatic heterocycles. The smallest absolute Gasteiger partial charge is 0.338 e. The average molecular weight is 412 g/mol. The lowest BCUT2D eigenvalue weighted by atomic mass is 10.1. The fourth-order valence-electron chi connectivity index (χ4n) is 3.03. The van der Waals surface area contributed by atoms with E-state index in [9.17, 15) is 14.4 Å². The SMILES string of the molecule is CCN(CC)c1ccc(C(=O)OCC(=O)N[C@@H](Cc2ccccc2)C(=O)OC)cc1. The fraction of sp³-hybridized carbons (Fsp3) is 0.348. The molecule has 0 fully saturated rings. The van der Waals surface area contributed by atoms with E-state index in [4.69, 9.17) is 9.47 Å². The largest absolute Gasteiger partial charge is 0.467 e. The Morgan fingerprint density at radius 3 is 2.17 bits per heavy atom. The van der Waals surface area contributed by atoms with Crippen LogP contribution in [0.15, 0.2) is 54.6 Å². The first-order valence-corrected chi connectivity index (χ1v) is 9.91. The number of nitrogens with zero attached hydrogens (tertiary/aromatic N) is 1. The second kappa shape index (κ2) is 11.6. The van der Waals surface area contributed by atoms with Crippen molar-refractivity contribution < 1.29 is 23.9 Å². The summed E-state index contributed by atoms with van der Waals surface area (Å²) in [5.74, 6) is -1.74. The summed E-state index contributed by atoms with van der Waals surface area (Å²) in [6.45, 7) is 5.36. The van der Waals surface area contributed by atoms with Gasteiger partial charge in [0.2, 0.25) is 0 Å². The number of carbonyl (C=O) groups excluding carboxylic acids is 3. The number of methoxy groups -OCH3 is 1. The molecule has 1 amide bonds. The van der Waals surface area contributed by atoms with Crippen LogP contribution in [0.25, 0.3) is 0 Å². The average Bonchev–Trinajstić information content (AvgIpc) is 2.78. The molecule has 0 spiro atoms. The van der Waals surface area contributed by atoms with E-state index < -0.39 is 30.5 Å². The van der Waals surface area contributed by atoms with Crippen molar-refractivity contribution in [3.8, 4) is 0 Å². The number of rotatable bonds is 10. The number of carbonyl (C=O) groups is 3. The maximum absolute atomic E-state index is 12.2. The van der Waals surface area contributed by atoms with Crippen molar-refractivity contribution in [1.82, 2.24) is 5.32 Å². The maximum atomic E-state index is 12.2. The first-order valence-electron chi connectivity index (χ1n) is 9.91. The number of hydrogen-bond acceptors (Lipinski definition) is 6. The molecule has 7 nitrogen and oxygen atoms in total. The molecule has 0 aliphatic rings. The van der Waals surface area contributed by atoms with E-state index in [-0.39, 0.29) is 6.42 Å². The third kappa shape index (κ3) is 6.62. The van der Waals surface area contributed by atoms with Crippen LogP contribution in [0.1, 0.15) is 29.8 Å². The quantitative estimate of drug-likeness (QED) is 0.604. The summed E-state index contributed by atoms with van der Waals surface area (Å²) in [7, 11) is 1.26. The van der Waals surface area contributed by atoms with E-state index in [2.05, 4.69) is 24.1 Å². The Labute approximate surface area is 177 Å². The zero-order chi connectivity index (χ0) is 21.9. The monoisotopic (exact) mass is 412 g/mol. The van der Waals surface area contributed by atoms with Gasteiger partial charge in [-0.15, -0.1) is 0 Å². The van der Waals surface area contributed by atoms with Gasteiger partial charge in [0, 0.05) is 25.2 Å². The van der Waals surface area contributed by atoms with Gasteiger partial charge < -0.3 is 19.7 Å². The Kier molecular flexibility index (Phi) is 8.87. The van der Waals surface area contributed by atoms with E-state index in [1.165, 1.54) is 7.11 Å². The Bertz CT molecular complexity index is 832. The van der Waals surface area contributed by atoms with Crippen LogP contribution in [0.3, 0.4) is 0 Å². The highest BCUT2D eigenvalue weighted by Gasteiger charge is 2.22. The number of esters is 2. The van der Waals surface area contributed by atoms with Crippen LogP contribution in [0.4, 0.5) is 5.69 Å². The second-order valence-corrected chi connectivity index (χ2v) is 6.63. The predicted molar refractivity (Wildman–Crippen MR) is 114 cm³/mol. The zero-order valence-corrected chi connectivity index (χ0v) is 17.6. The molecule has 2 aromatic carbocycles. The van der Waals surface area contributed by atoms with Gasteiger partial charge in [0.1, 0.15) is 6.04 Å². The number of benzene rings is 2. The van der Waals surface area contributed by atoms with Gasteiger partial charge in [0.15, 0.2) is 6.61 Å². The molecule has 0 saturated carbocycles. The lowest BCUT2D eigenvalue weighted by Crippen LogP contribution is -2.44. The Balaban J connectivity index is 1.91. The minimum Gasteiger partial charge on any atom is -0.467 e. The molecule has 0 heterocycles. The molecule has 0 bridgehead atoms. The summed E-state index contributed by atoms with van der Waals surface area (Å²) in [5.41, 5.74) is 2.24. The lowest BCUT2D eigenvalue weighted by molar-refractivity contribution is -0.145. The van der Waals surface area contributed by atoms with E-state index >= 15 is 0 Å². The van der Waals surface area contributed by atoms with E-state index in [1.807, 2.05) is 42.5 Å². The summed E-state index contributed by atoms with van der Waals surface area (Å²) in [5, 5.41) is 2.56. The molecule has 160 valence electrons. The van der Waals surface area contributed by atoms with Crippen molar-refractivity contribution in [1.29, 1.82) is 0 Å². The van der Waals surface area contributed by atoms with E-state index in [0.717, 1.165) is 24.3 Å². The lowest BCUT2D eigenvalue weighted by Gasteiger charge is -2.21. The highest BCUT2D eigenvalue weighted by molar-refractivity contribution is 5.92. The maximum Gasteiger partial charge on any atom is 0.338 e. The molecular weight excluding hydrogens is 384 g/mol. The van der Waals surface area contributed by atoms with Crippen LogP contribution in [0, 0.1) is 0 Å². The summed E-state index contributed by atoms with van der Waals surface area (Å²) >= 11 is 0. The Morgan fingerprint density at radius 1 is 0.967 bits per heavy atom. The van der Waals surface area contributed by atoms with Crippen molar-refractivity contribution in [2.45, 2.75) is 26.3 Å². The van der Waals surface area contributed by atoms with E-state index in [0.29, 0.717) is 5.56 Å². The number of ether oxygens (including phenoxy) is 2. The van der Waals surface area contributed by atoms with Crippen LogP contribution in [0.2, 0.25) is 0 Å². The number of amides is 1. The van der Waals surface area contributed by atoms with Crippen molar-refractivity contribution in [3.63, 3.8) is 0 Å². The van der Waals surface area contributed by atoms with Gasteiger partial charge in [-0.2, -0.15) is 0 Å². The molecule has 1 N–H and O–H groups in total. The summed E-state index contributed by atoms with van der Waals surface area (Å²) < 4.78 is 9.85. The number of nitrogens with one attached hydrogen (secondary N) is 1. The van der Waals surface area contributed by atoms with Crippen molar-refractivity contribution in [2.24, 2.45) is 0 Å². The van der Waals surface area contributed by atoms with Crippen LogP contribution in [0.5, 0.6) is 0 Å². The molecule has 0 unspecified atom stereocenters. The van der Waals surface area contributed by atoms with Gasteiger partial charge in [0.05, 0.1) is 12.7 Å². The van der Waals surface area contributed by atoms with Gasteiger partial charge in [-0.3, -0.25) is 4.79 Å². The van der Waals surface area contributed by atoms with Gasteiger partial charge in [-0.05, 0) is 43.7 Å². The normalized spacial score (nSPS) is 11.3.